The zero-order valence-electron chi connectivity index (χ0n) is 15.7. The van der Waals surface area contributed by atoms with E-state index in [1.165, 1.54) is 12.1 Å². The van der Waals surface area contributed by atoms with Gasteiger partial charge in [0.05, 0.1) is 17.8 Å². The maximum Gasteiger partial charge on any atom is 0.280 e. The van der Waals surface area contributed by atoms with E-state index in [4.69, 9.17) is 4.52 Å². The van der Waals surface area contributed by atoms with Gasteiger partial charge in [-0.15, -0.1) is 5.10 Å². The van der Waals surface area contributed by atoms with Crippen LogP contribution in [0.5, 0.6) is 0 Å². The molecule has 1 aliphatic heterocycles. The molecule has 8 nitrogen and oxygen atoms in total. The second kappa shape index (κ2) is 7.49. The summed E-state index contributed by atoms with van der Waals surface area (Å²) in [6, 6.07) is 6.18. The molecule has 146 valence electrons. The topological polar surface area (TPSA) is 89.9 Å². The molecule has 1 fully saturated rings. The summed E-state index contributed by atoms with van der Waals surface area (Å²) in [5, 5.41) is 12.3. The van der Waals surface area contributed by atoms with Gasteiger partial charge in [-0.1, -0.05) is 36.4 Å². The Morgan fingerprint density at radius 1 is 1.25 bits per heavy atom. The van der Waals surface area contributed by atoms with Crippen LogP contribution < -0.4 is 0 Å². The summed E-state index contributed by atoms with van der Waals surface area (Å²) in [4.78, 5) is 18.5. The maximum absolute atomic E-state index is 13.9. The van der Waals surface area contributed by atoms with Crippen LogP contribution in [0.3, 0.4) is 0 Å². The molecule has 0 radical (unpaired) electrons. The van der Waals surface area contributed by atoms with E-state index in [-0.39, 0.29) is 23.4 Å². The van der Waals surface area contributed by atoms with Gasteiger partial charge in [0.15, 0.2) is 11.5 Å². The van der Waals surface area contributed by atoms with Crippen molar-refractivity contribution in [2.45, 2.75) is 38.6 Å². The fraction of sp³-hybridized carbons (Fsp3) is 0.421. The smallest absolute Gasteiger partial charge is 0.280 e. The number of hydrogen-bond donors (Lipinski definition) is 0. The number of amides is 1. The molecule has 4 rings (SSSR count). The molecule has 0 N–H and O–H groups in total. The SMILES string of the molecule is CC(C)c1noc(-c2cn(C3CCN(C(=O)c4ccccc4F)CC3)nn2)n1. The molecule has 28 heavy (non-hydrogen) atoms. The van der Waals surface area contributed by atoms with Crippen molar-refractivity contribution in [1.82, 2.24) is 30.0 Å². The van der Waals surface area contributed by atoms with Crippen molar-refractivity contribution < 1.29 is 13.7 Å². The number of benzene rings is 1. The van der Waals surface area contributed by atoms with Gasteiger partial charge in [-0.05, 0) is 25.0 Å². The monoisotopic (exact) mass is 384 g/mol. The van der Waals surface area contributed by atoms with E-state index >= 15 is 0 Å². The molecule has 2 aromatic heterocycles. The van der Waals surface area contributed by atoms with E-state index in [0.29, 0.717) is 43.3 Å². The number of halogens is 1. The van der Waals surface area contributed by atoms with E-state index in [2.05, 4.69) is 20.5 Å². The molecule has 0 bridgehead atoms. The normalized spacial score (nSPS) is 15.4. The lowest BCUT2D eigenvalue weighted by Gasteiger charge is -2.31. The summed E-state index contributed by atoms with van der Waals surface area (Å²) in [6.07, 6.45) is 3.21. The minimum absolute atomic E-state index is 0.110. The highest BCUT2D eigenvalue weighted by molar-refractivity contribution is 5.94. The fourth-order valence-electron chi connectivity index (χ4n) is 3.27. The second-order valence-electron chi connectivity index (χ2n) is 7.20. The van der Waals surface area contributed by atoms with E-state index < -0.39 is 5.82 Å². The highest BCUT2D eigenvalue weighted by Gasteiger charge is 2.27. The van der Waals surface area contributed by atoms with Crippen molar-refractivity contribution in [1.29, 1.82) is 0 Å². The van der Waals surface area contributed by atoms with Crippen LogP contribution in [0.25, 0.3) is 11.6 Å². The molecule has 3 aromatic rings. The molecular formula is C19H21FN6O2. The molecule has 3 heterocycles. The molecule has 1 amide bonds. The molecule has 9 heteroatoms. The van der Waals surface area contributed by atoms with Gasteiger partial charge >= 0.3 is 0 Å². The van der Waals surface area contributed by atoms with Crippen molar-refractivity contribution in [3.05, 3.63) is 47.7 Å². The molecule has 0 atom stereocenters. The van der Waals surface area contributed by atoms with Crippen molar-refractivity contribution in [3.8, 4) is 11.6 Å². The van der Waals surface area contributed by atoms with Gasteiger partial charge in [-0.2, -0.15) is 4.98 Å². The number of piperidine rings is 1. The predicted molar refractivity (Wildman–Crippen MR) is 98.0 cm³/mol. The van der Waals surface area contributed by atoms with Gasteiger partial charge in [0.25, 0.3) is 11.8 Å². The zero-order chi connectivity index (χ0) is 19.7. The number of carbonyl (C=O) groups is 1. The molecule has 1 saturated heterocycles. The number of likely N-dealkylation sites (tertiary alicyclic amines) is 1. The minimum atomic E-state index is -0.490. The lowest BCUT2D eigenvalue weighted by atomic mass is 10.0. The standard InChI is InChI=1S/C19H21FN6O2/c1-12(2)17-21-18(28-23-17)16-11-26(24-22-16)13-7-9-25(10-8-13)19(27)14-5-3-4-6-15(14)20/h3-6,11-13H,7-10H2,1-2H3. The first kappa shape index (κ1) is 18.3. The van der Waals surface area contributed by atoms with Crippen LogP contribution in [-0.4, -0.2) is 49.0 Å². The third kappa shape index (κ3) is 3.51. The average molecular weight is 384 g/mol. The zero-order valence-corrected chi connectivity index (χ0v) is 15.7. The Kier molecular flexibility index (Phi) is 4.89. The number of nitrogens with zero attached hydrogens (tertiary/aromatic N) is 6. The van der Waals surface area contributed by atoms with Crippen LogP contribution in [0.4, 0.5) is 4.39 Å². The lowest BCUT2D eigenvalue weighted by Crippen LogP contribution is -2.39. The van der Waals surface area contributed by atoms with Crippen molar-refractivity contribution in [2.24, 2.45) is 0 Å². The first-order valence-corrected chi connectivity index (χ1v) is 9.32. The van der Waals surface area contributed by atoms with E-state index in [9.17, 15) is 9.18 Å². The number of rotatable bonds is 4. The van der Waals surface area contributed by atoms with Gasteiger partial charge in [-0.25, -0.2) is 9.07 Å². The van der Waals surface area contributed by atoms with Crippen molar-refractivity contribution in [3.63, 3.8) is 0 Å². The van der Waals surface area contributed by atoms with Crippen LogP contribution in [-0.2, 0) is 0 Å². The van der Waals surface area contributed by atoms with Crippen LogP contribution in [0.15, 0.2) is 35.0 Å². The van der Waals surface area contributed by atoms with Crippen LogP contribution in [0.1, 0.15) is 54.8 Å². The maximum atomic E-state index is 13.9. The summed E-state index contributed by atoms with van der Waals surface area (Å²) in [7, 11) is 0. The molecule has 1 aliphatic rings. The highest BCUT2D eigenvalue weighted by atomic mass is 19.1. The Morgan fingerprint density at radius 2 is 2.00 bits per heavy atom. The van der Waals surface area contributed by atoms with E-state index in [1.54, 1.807) is 27.9 Å². The third-order valence-electron chi connectivity index (χ3n) is 4.92. The van der Waals surface area contributed by atoms with E-state index in [1.807, 2.05) is 13.8 Å². The van der Waals surface area contributed by atoms with Gasteiger partial charge in [0, 0.05) is 19.0 Å². The average Bonchev–Trinajstić information content (AvgIpc) is 3.38. The minimum Gasteiger partial charge on any atom is -0.338 e. The summed E-state index contributed by atoms with van der Waals surface area (Å²) in [6.45, 7) is 5.04. The van der Waals surface area contributed by atoms with Gasteiger partial charge in [0.1, 0.15) is 5.82 Å². The summed E-state index contributed by atoms with van der Waals surface area (Å²) >= 11 is 0. The highest BCUT2D eigenvalue weighted by Crippen LogP contribution is 2.25. The van der Waals surface area contributed by atoms with E-state index in [0.717, 1.165) is 0 Å². The third-order valence-corrected chi connectivity index (χ3v) is 4.92. The van der Waals surface area contributed by atoms with Gasteiger partial charge in [-0.3, -0.25) is 4.79 Å². The van der Waals surface area contributed by atoms with Crippen LogP contribution >= 0.6 is 0 Å². The summed E-state index contributed by atoms with van der Waals surface area (Å²) in [5.41, 5.74) is 0.644. The Balaban J connectivity index is 1.41. The van der Waals surface area contributed by atoms with Crippen LogP contribution in [0.2, 0.25) is 0 Å². The Hall–Kier alpha value is -3.10. The largest absolute Gasteiger partial charge is 0.338 e. The first-order chi connectivity index (χ1) is 13.5. The Bertz CT molecular complexity index is 974. The number of aromatic nitrogens is 5. The number of hydrogen-bond acceptors (Lipinski definition) is 6. The summed E-state index contributed by atoms with van der Waals surface area (Å²) in [5.74, 6) is 0.384. The molecule has 0 unspecified atom stereocenters. The summed E-state index contributed by atoms with van der Waals surface area (Å²) < 4.78 is 20.9. The quantitative estimate of drug-likeness (QED) is 0.687. The van der Waals surface area contributed by atoms with Gasteiger partial charge < -0.3 is 9.42 Å². The Morgan fingerprint density at radius 3 is 2.68 bits per heavy atom. The molecular weight excluding hydrogens is 363 g/mol. The van der Waals surface area contributed by atoms with Crippen molar-refractivity contribution in [2.75, 3.05) is 13.1 Å². The molecule has 0 spiro atoms. The molecule has 1 aromatic carbocycles. The predicted octanol–water partition coefficient (Wildman–Crippen LogP) is 3.07. The number of carbonyl (C=O) groups excluding carboxylic acids is 1. The first-order valence-electron chi connectivity index (χ1n) is 9.32. The fourth-order valence-corrected chi connectivity index (χ4v) is 3.27. The lowest BCUT2D eigenvalue weighted by molar-refractivity contribution is 0.0684. The molecule has 0 aliphatic carbocycles. The molecule has 0 saturated carbocycles. The Labute approximate surface area is 161 Å². The van der Waals surface area contributed by atoms with Crippen LogP contribution in [0, 0.1) is 5.82 Å². The van der Waals surface area contributed by atoms with Gasteiger partial charge in [0.2, 0.25) is 0 Å². The second-order valence-corrected chi connectivity index (χ2v) is 7.20. The van der Waals surface area contributed by atoms with Crippen molar-refractivity contribution >= 4 is 5.91 Å².